The minimum atomic E-state index is -3.35. The predicted molar refractivity (Wildman–Crippen MR) is 88.2 cm³/mol. The van der Waals surface area contributed by atoms with Crippen molar-refractivity contribution in [1.82, 2.24) is 10.0 Å². The van der Waals surface area contributed by atoms with Crippen LogP contribution in [0.2, 0.25) is 0 Å². The van der Waals surface area contributed by atoms with Crippen LogP contribution >= 0.6 is 11.3 Å². The van der Waals surface area contributed by atoms with E-state index in [1.54, 1.807) is 11.3 Å². The van der Waals surface area contributed by atoms with Crippen LogP contribution in [0.15, 0.2) is 11.0 Å². The fraction of sp³-hybridized carbons (Fsp3) is 0.733. The standard InChI is InChI=1S/C15H26N2O2S2/c1-3-8-16-11-14-10-15(12(2)20-14)21(18,19)17-9-7-13-5-4-6-13/h10,13,16-17H,3-9,11H2,1-2H3. The summed E-state index contributed by atoms with van der Waals surface area (Å²) < 4.78 is 27.5. The number of nitrogens with one attached hydrogen (secondary N) is 2. The van der Waals surface area contributed by atoms with E-state index in [1.807, 2.05) is 13.0 Å². The Kier molecular flexibility index (Phi) is 6.22. The van der Waals surface area contributed by atoms with E-state index >= 15 is 0 Å². The van der Waals surface area contributed by atoms with Gasteiger partial charge in [-0.25, -0.2) is 13.1 Å². The van der Waals surface area contributed by atoms with Crippen molar-refractivity contribution in [1.29, 1.82) is 0 Å². The molecule has 0 atom stereocenters. The topological polar surface area (TPSA) is 58.2 Å². The first-order valence-electron chi connectivity index (χ1n) is 7.82. The Labute approximate surface area is 132 Å². The van der Waals surface area contributed by atoms with Crippen molar-refractivity contribution in [3.63, 3.8) is 0 Å². The van der Waals surface area contributed by atoms with Crippen LogP contribution in [0.3, 0.4) is 0 Å². The number of sulfonamides is 1. The number of hydrogen-bond donors (Lipinski definition) is 2. The highest BCUT2D eigenvalue weighted by atomic mass is 32.2. The van der Waals surface area contributed by atoms with Crippen LogP contribution in [-0.2, 0) is 16.6 Å². The lowest BCUT2D eigenvalue weighted by atomic mass is 9.83. The average molecular weight is 331 g/mol. The molecule has 2 rings (SSSR count). The SMILES string of the molecule is CCCNCc1cc(S(=O)(=O)NCCC2CCC2)c(C)s1. The molecule has 0 amide bonds. The lowest BCUT2D eigenvalue weighted by molar-refractivity contribution is 0.297. The maximum atomic E-state index is 12.4. The Morgan fingerprint density at radius 3 is 2.71 bits per heavy atom. The molecular formula is C15H26N2O2S2. The molecule has 0 saturated heterocycles. The van der Waals surface area contributed by atoms with Gasteiger partial charge in [0, 0.05) is 22.8 Å². The van der Waals surface area contributed by atoms with Gasteiger partial charge in [-0.15, -0.1) is 11.3 Å². The van der Waals surface area contributed by atoms with E-state index in [0.717, 1.165) is 41.6 Å². The molecule has 1 heterocycles. The Morgan fingerprint density at radius 2 is 2.10 bits per heavy atom. The lowest BCUT2D eigenvalue weighted by Gasteiger charge is -2.25. The fourth-order valence-corrected chi connectivity index (χ4v) is 5.17. The van der Waals surface area contributed by atoms with Gasteiger partial charge < -0.3 is 5.32 Å². The molecule has 120 valence electrons. The molecule has 0 aliphatic heterocycles. The molecule has 0 bridgehead atoms. The number of rotatable bonds is 9. The molecule has 1 saturated carbocycles. The summed E-state index contributed by atoms with van der Waals surface area (Å²) in [6, 6.07) is 1.81. The molecule has 4 nitrogen and oxygen atoms in total. The Morgan fingerprint density at radius 1 is 1.33 bits per heavy atom. The van der Waals surface area contributed by atoms with Crippen molar-refractivity contribution in [2.24, 2.45) is 5.92 Å². The predicted octanol–water partition coefficient (Wildman–Crippen LogP) is 3.02. The monoisotopic (exact) mass is 330 g/mol. The molecular weight excluding hydrogens is 304 g/mol. The van der Waals surface area contributed by atoms with Crippen LogP contribution in [0, 0.1) is 12.8 Å². The molecule has 0 unspecified atom stereocenters. The molecule has 1 aliphatic carbocycles. The minimum Gasteiger partial charge on any atom is -0.312 e. The van der Waals surface area contributed by atoms with E-state index in [4.69, 9.17) is 0 Å². The summed E-state index contributed by atoms with van der Waals surface area (Å²) in [5.74, 6) is 0.727. The van der Waals surface area contributed by atoms with Crippen molar-refractivity contribution in [2.75, 3.05) is 13.1 Å². The average Bonchev–Trinajstić information content (AvgIpc) is 2.75. The first-order valence-corrected chi connectivity index (χ1v) is 10.1. The Balaban J connectivity index is 1.91. The van der Waals surface area contributed by atoms with Gasteiger partial charge in [0.15, 0.2) is 0 Å². The van der Waals surface area contributed by atoms with Gasteiger partial charge in [0.25, 0.3) is 0 Å². The minimum absolute atomic E-state index is 0.453. The van der Waals surface area contributed by atoms with Crippen molar-refractivity contribution in [2.45, 2.75) is 57.4 Å². The third-order valence-corrected chi connectivity index (χ3v) is 6.78. The first kappa shape index (κ1) is 16.9. The quantitative estimate of drug-likeness (QED) is 0.684. The highest BCUT2D eigenvalue weighted by Gasteiger charge is 2.21. The molecule has 0 radical (unpaired) electrons. The summed E-state index contributed by atoms with van der Waals surface area (Å²) in [7, 11) is -3.35. The summed E-state index contributed by atoms with van der Waals surface area (Å²) in [5, 5.41) is 3.31. The molecule has 1 aromatic rings. The molecule has 6 heteroatoms. The van der Waals surface area contributed by atoms with Crippen LogP contribution in [-0.4, -0.2) is 21.5 Å². The summed E-state index contributed by atoms with van der Waals surface area (Å²) in [6.45, 7) is 6.27. The van der Waals surface area contributed by atoms with E-state index in [0.29, 0.717) is 11.4 Å². The first-order chi connectivity index (χ1) is 10.0. The zero-order chi connectivity index (χ0) is 15.3. The Hall–Kier alpha value is -0.430. The summed E-state index contributed by atoms with van der Waals surface area (Å²) in [4.78, 5) is 2.41. The molecule has 0 spiro atoms. The van der Waals surface area contributed by atoms with Gasteiger partial charge in [-0.3, -0.25) is 0 Å². The van der Waals surface area contributed by atoms with Crippen LogP contribution in [0.5, 0.6) is 0 Å². The van der Waals surface area contributed by atoms with Gasteiger partial charge >= 0.3 is 0 Å². The van der Waals surface area contributed by atoms with E-state index in [9.17, 15) is 8.42 Å². The highest BCUT2D eigenvalue weighted by Crippen LogP contribution is 2.29. The second kappa shape index (κ2) is 7.72. The second-order valence-electron chi connectivity index (χ2n) is 5.79. The normalized spacial score (nSPS) is 16.1. The van der Waals surface area contributed by atoms with E-state index in [2.05, 4.69) is 17.0 Å². The van der Waals surface area contributed by atoms with Crippen molar-refractivity contribution in [3.8, 4) is 0 Å². The van der Waals surface area contributed by atoms with Gasteiger partial charge in [-0.1, -0.05) is 26.2 Å². The molecule has 1 aliphatic rings. The highest BCUT2D eigenvalue weighted by molar-refractivity contribution is 7.89. The Bertz CT molecular complexity index is 548. The van der Waals surface area contributed by atoms with Crippen molar-refractivity contribution < 1.29 is 8.42 Å². The van der Waals surface area contributed by atoms with Crippen LogP contribution < -0.4 is 10.0 Å². The maximum Gasteiger partial charge on any atom is 0.241 e. The number of hydrogen-bond acceptors (Lipinski definition) is 4. The third kappa shape index (κ3) is 4.77. The largest absolute Gasteiger partial charge is 0.312 e. The van der Waals surface area contributed by atoms with Gasteiger partial charge in [-0.2, -0.15) is 0 Å². The van der Waals surface area contributed by atoms with Crippen LogP contribution in [0.4, 0.5) is 0 Å². The van der Waals surface area contributed by atoms with E-state index in [-0.39, 0.29) is 0 Å². The van der Waals surface area contributed by atoms with Gasteiger partial charge in [0.2, 0.25) is 10.0 Å². The van der Waals surface area contributed by atoms with Crippen molar-refractivity contribution >= 4 is 21.4 Å². The number of aryl methyl sites for hydroxylation is 1. The van der Waals surface area contributed by atoms with Gasteiger partial charge in [0.1, 0.15) is 0 Å². The maximum absolute atomic E-state index is 12.4. The van der Waals surface area contributed by atoms with Crippen molar-refractivity contribution in [3.05, 3.63) is 15.8 Å². The molecule has 0 aromatic carbocycles. The summed E-state index contributed by atoms with van der Waals surface area (Å²) in [5.41, 5.74) is 0. The van der Waals surface area contributed by atoms with Gasteiger partial charge in [0.05, 0.1) is 4.90 Å². The molecule has 21 heavy (non-hydrogen) atoms. The summed E-state index contributed by atoms with van der Waals surface area (Å²) >= 11 is 1.57. The van der Waals surface area contributed by atoms with Gasteiger partial charge in [-0.05, 0) is 38.3 Å². The summed E-state index contributed by atoms with van der Waals surface area (Å²) in [6.07, 6.45) is 5.86. The fourth-order valence-electron chi connectivity index (χ4n) is 2.52. The van der Waals surface area contributed by atoms with E-state index < -0.39 is 10.0 Å². The lowest BCUT2D eigenvalue weighted by Crippen LogP contribution is -2.27. The zero-order valence-electron chi connectivity index (χ0n) is 12.9. The zero-order valence-corrected chi connectivity index (χ0v) is 14.6. The van der Waals surface area contributed by atoms with Crippen LogP contribution in [0.1, 0.15) is 48.8 Å². The smallest absolute Gasteiger partial charge is 0.241 e. The third-order valence-electron chi connectivity index (χ3n) is 4.01. The molecule has 1 aromatic heterocycles. The van der Waals surface area contributed by atoms with Crippen LogP contribution in [0.25, 0.3) is 0 Å². The second-order valence-corrected chi connectivity index (χ2v) is 8.87. The molecule has 1 fully saturated rings. The molecule has 2 N–H and O–H groups in total. The van der Waals surface area contributed by atoms with E-state index in [1.165, 1.54) is 19.3 Å². The number of thiophene rings is 1.